The molecule has 0 atom stereocenters. The van der Waals surface area contributed by atoms with E-state index in [0.717, 1.165) is 68.4 Å². The summed E-state index contributed by atoms with van der Waals surface area (Å²) in [6, 6.07) is 63.4. The van der Waals surface area contributed by atoms with Gasteiger partial charge in [-0.05, 0) is 104 Å². The van der Waals surface area contributed by atoms with Crippen LogP contribution >= 0.6 is 0 Å². The van der Waals surface area contributed by atoms with Gasteiger partial charge in [-0.2, -0.15) is 0 Å². The van der Waals surface area contributed by atoms with E-state index in [2.05, 4.69) is 205 Å². The molecule has 0 spiro atoms. The highest BCUT2D eigenvalue weighted by molar-refractivity contribution is 6.16. The summed E-state index contributed by atoms with van der Waals surface area (Å²) in [5.74, 6) is 0. The van der Waals surface area contributed by atoms with Crippen molar-refractivity contribution in [2.45, 2.75) is 12.8 Å². The molecule has 0 aliphatic heterocycles. The summed E-state index contributed by atoms with van der Waals surface area (Å²) in [4.78, 5) is 2.36. The molecule has 264 valence electrons. The van der Waals surface area contributed by atoms with E-state index in [0.29, 0.717) is 0 Å². The molecule has 0 saturated heterocycles. The van der Waals surface area contributed by atoms with Gasteiger partial charge in [-0.3, -0.25) is 0 Å². The van der Waals surface area contributed by atoms with Crippen molar-refractivity contribution in [3.8, 4) is 11.1 Å². The SMILES string of the molecule is C1=Cc2ccc3ccc4cccc(C=Cc5ccc(N(c6ccc7c(c6)oc6c8ccccc8ccc76)c6ccccc6-c6ccccc6)cc5)c4c3c2CC1. The van der Waals surface area contributed by atoms with Crippen LogP contribution in [-0.2, 0) is 6.42 Å². The molecule has 1 aromatic heterocycles. The Labute approximate surface area is 325 Å². The highest BCUT2D eigenvalue weighted by atomic mass is 16.3. The maximum Gasteiger partial charge on any atom is 0.143 e. The summed E-state index contributed by atoms with van der Waals surface area (Å²) >= 11 is 0. The lowest BCUT2D eigenvalue weighted by Crippen LogP contribution is -2.11. The summed E-state index contributed by atoms with van der Waals surface area (Å²) < 4.78 is 6.69. The topological polar surface area (TPSA) is 16.4 Å². The molecule has 11 rings (SSSR count). The lowest BCUT2D eigenvalue weighted by molar-refractivity contribution is 0.672. The Morgan fingerprint density at radius 1 is 0.518 bits per heavy atom. The molecule has 9 aromatic carbocycles. The number of para-hydroxylation sites is 1. The number of hydrogen-bond donors (Lipinski definition) is 0. The molecule has 0 amide bonds. The van der Waals surface area contributed by atoms with Crippen LogP contribution in [0.4, 0.5) is 17.1 Å². The first-order valence-corrected chi connectivity index (χ1v) is 19.5. The first kappa shape index (κ1) is 32.3. The standard InChI is InChI=1S/C54H37NO/c1-2-11-37(12-3-1)45-17-8-9-20-50(45)55(44-32-34-48-49-33-29-39-14-5-7-19-47(39)54(49)56-51(48)35-44)43-30-22-36(23-31-43)21-24-40-15-10-16-41-27-28-42-26-25-38-13-4-6-18-46(38)53(42)52(40)41/h1-5,7-17,19-35H,6,18H2. The van der Waals surface area contributed by atoms with Crippen LogP contribution in [0.25, 0.3) is 83.6 Å². The van der Waals surface area contributed by atoms with Crippen LogP contribution in [0.15, 0.2) is 186 Å². The molecule has 0 saturated carbocycles. The number of anilines is 3. The van der Waals surface area contributed by atoms with Gasteiger partial charge < -0.3 is 9.32 Å². The fourth-order valence-corrected chi connectivity index (χ4v) is 8.82. The fourth-order valence-electron chi connectivity index (χ4n) is 8.82. The van der Waals surface area contributed by atoms with Crippen LogP contribution in [-0.4, -0.2) is 0 Å². The normalized spacial score (nSPS) is 12.7. The third-order valence-electron chi connectivity index (χ3n) is 11.5. The molecule has 0 fully saturated rings. The first-order valence-electron chi connectivity index (χ1n) is 19.5. The summed E-state index contributed by atoms with van der Waals surface area (Å²) in [7, 11) is 0. The minimum Gasteiger partial charge on any atom is -0.455 e. The molecule has 1 aliphatic rings. The molecular weight excluding hydrogens is 679 g/mol. The van der Waals surface area contributed by atoms with E-state index < -0.39 is 0 Å². The maximum atomic E-state index is 6.69. The average molecular weight is 716 g/mol. The van der Waals surface area contributed by atoms with Gasteiger partial charge in [0, 0.05) is 39.2 Å². The highest BCUT2D eigenvalue weighted by Crippen LogP contribution is 2.43. The summed E-state index contributed by atoms with van der Waals surface area (Å²) in [5.41, 5.74) is 12.5. The number of fused-ring (bicyclic) bond motifs is 10. The monoisotopic (exact) mass is 715 g/mol. The molecule has 0 bridgehead atoms. The molecule has 10 aromatic rings. The summed E-state index contributed by atoms with van der Waals surface area (Å²) in [5, 5.41) is 9.87. The van der Waals surface area contributed by atoms with Gasteiger partial charge in [-0.1, -0.05) is 158 Å². The number of furan rings is 1. The maximum absolute atomic E-state index is 6.69. The van der Waals surface area contributed by atoms with Crippen LogP contribution in [0.1, 0.15) is 28.7 Å². The molecule has 1 aliphatic carbocycles. The van der Waals surface area contributed by atoms with Gasteiger partial charge in [0.1, 0.15) is 11.2 Å². The first-order chi connectivity index (χ1) is 27.8. The highest BCUT2D eigenvalue weighted by Gasteiger charge is 2.20. The predicted octanol–water partition coefficient (Wildman–Crippen LogP) is 15.3. The van der Waals surface area contributed by atoms with E-state index >= 15 is 0 Å². The number of hydrogen-bond acceptors (Lipinski definition) is 2. The van der Waals surface area contributed by atoms with Crippen molar-refractivity contribution in [1.29, 1.82) is 0 Å². The zero-order valence-corrected chi connectivity index (χ0v) is 30.8. The Bertz CT molecular complexity index is 3180. The van der Waals surface area contributed by atoms with E-state index in [1.54, 1.807) is 0 Å². The number of aryl methyl sites for hydroxylation is 1. The number of allylic oxidation sites excluding steroid dienone is 1. The quantitative estimate of drug-likeness (QED) is 0.126. The summed E-state index contributed by atoms with van der Waals surface area (Å²) in [6.45, 7) is 0. The van der Waals surface area contributed by atoms with Crippen LogP contribution in [0.2, 0.25) is 0 Å². The molecule has 0 N–H and O–H groups in total. The second-order valence-electron chi connectivity index (χ2n) is 14.8. The van der Waals surface area contributed by atoms with E-state index in [9.17, 15) is 0 Å². The molecular formula is C54H37NO. The fraction of sp³-hybridized carbons (Fsp3) is 0.0370. The minimum atomic E-state index is 0.871. The molecule has 2 heteroatoms. The number of rotatable bonds is 6. The Hall–Kier alpha value is -7.16. The van der Waals surface area contributed by atoms with Crippen LogP contribution in [0, 0.1) is 0 Å². The van der Waals surface area contributed by atoms with E-state index in [4.69, 9.17) is 4.42 Å². The van der Waals surface area contributed by atoms with Crippen molar-refractivity contribution < 1.29 is 4.42 Å². The van der Waals surface area contributed by atoms with Gasteiger partial charge in [0.25, 0.3) is 0 Å². The van der Waals surface area contributed by atoms with Gasteiger partial charge in [-0.25, -0.2) is 0 Å². The molecule has 0 unspecified atom stereocenters. The van der Waals surface area contributed by atoms with Crippen molar-refractivity contribution in [3.05, 3.63) is 204 Å². The summed E-state index contributed by atoms with van der Waals surface area (Å²) in [6.07, 6.45) is 11.3. The van der Waals surface area contributed by atoms with Crippen LogP contribution < -0.4 is 4.90 Å². The van der Waals surface area contributed by atoms with Crippen LogP contribution in [0.3, 0.4) is 0 Å². The molecule has 56 heavy (non-hydrogen) atoms. The van der Waals surface area contributed by atoms with Crippen molar-refractivity contribution in [2.75, 3.05) is 4.90 Å². The van der Waals surface area contributed by atoms with E-state index in [1.165, 1.54) is 49.2 Å². The third-order valence-corrected chi connectivity index (χ3v) is 11.5. The predicted molar refractivity (Wildman–Crippen MR) is 239 cm³/mol. The van der Waals surface area contributed by atoms with E-state index in [1.807, 2.05) is 0 Å². The van der Waals surface area contributed by atoms with Crippen LogP contribution in [0.5, 0.6) is 0 Å². The Kier molecular flexibility index (Phi) is 7.67. The van der Waals surface area contributed by atoms with Crippen molar-refractivity contribution in [1.82, 2.24) is 0 Å². The van der Waals surface area contributed by atoms with Crippen molar-refractivity contribution in [3.63, 3.8) is 0 Å². The minimum absolute atomic E-state index is 0.871. The van der Waals surface area contributed by atoms with Crippen molar-refractivity contribution in [2.24, 2.45) is 0 Å². The van der Waals surface area contributed by atoms with Crippen molar-refractivity contribution >= 4 is 89.5 Å². The Morgan fingerprint density at radius 2 is 1.25 bits per heavy atom. The van der Waals surface area contributed by atoms with Gasteiger partial charge >= 0.3 is 0 Å². The average Bonchev–Trinajstić information content (AvgIpc) is 3.65. The van der Waals surface area contributed by atoms with Gasteiger partial charge in [0.15, 0.2) is 0 Å². The molecule has 2 nitrogen and oxygen atoms in total. The second kappa shape index (κ2) is 13.3. The van der Waals surface area contributed by atoms with Gasteiger partial charge in [0.2, 0.25) is 0 Å². The van der Waals surface area contributed by atoms with E-state index in [-0.39, 0.29) is 0 Å². The second-order valence-corrected chi connectivity index (χ2v) is 14.8. The smallest absolute Gasteiger partial charge is 0.143 e. The van der Waals surface area contributed by atoms with Gasteiger partial charge in [0.05, 0.1) is 5.69 Å². The molecule has 1 heterocycles. The zero-order valence-electron chi connectivity index (χ0n) is 30.8. The van der Waals surface area contributed by atoms with Gasteiger partial charge in [-0.15, -0.1) is 0 Å². The zero-order chi connectivity index (χ0) is 37.0. The largest absolute Gasteiger partial charge is 0.455 e. The lowest BCUT2D eigenvalue weighted by Gasteiger charge is -2.28. The Balaban J connectivity index is 1.02. The third kappa shape index (κ3) is 5.41. The Morgan fingerprint density at radius 3 is 2.16 bits per heavy atom. The number of benzene rings is 9. The number of nitrogens with zero attached hydrogens (tertiary/aromatic N) is 1. The lowest BCUT2D eigenvalue weighted by atomic mass is 9.87. The molecule has 0 radical (unpaired) electrons.